The summed E-state index contributed by atoms with van der Waals surface area (Å²) in [4.78, 5) is 6.50. The van der Waals surface area contributed by atoms with Crippen molar-refractivity contribution in [2.24, 2.45) is 0 Å². The Labute approximate surface area is 82.2 Å². The van der Waals surface area contributed by atoms with Crippen LogP contribution in [0.15, 0.2) is 11.6 Å². The third-order valence-electron chi connectivity index (χ3n) is 1.69. The first-order valence-electron chi connectivity index (χ1n) is 4.03. The second-order valence-electron chi connectivity index (χ2n) is 2.48. The minimum Gasteiger partial charge on any atom is -0.296 e. The summed E-state index contributed by atoms with van der Waals surface area (Å²) in [6.07, 6.45) is 1.84. The van der Waals surface area contributed by atoms with Crippen molar-refractivity contribution < 1.29 is 0 Å². The first-order chi connectivity index (χ1) is 5.86. The number of hydrogen-bond acceptors (Lipinski definition) is 3. The molecule has 0 aliphatic heterocycles. The Kier molecular flexibility index (Phi) is 4.58. The summed E-state index contributed by atoms with van der Waals surface area (Å²) >= 11 is 7.35. The smallest absolute Gasteiger partial charge is 0.107 e. The molecule has 4 heteroatoms. The fourth-order valence-corrected chi connectivity index (χ4v) is 1.89. The average molecular weight is 205 g/mol. The van der Waals surface area contributed by atoms with Crippen LogP contribution in [0.25, 0.3) is 0 Å². The highest BCUT2D eigenvalue weighted by atomic mass is 35.5. The normalized spacial score (nSPS) is 10.9. The minimum absolute atomic E-state index is 0.694. The molecule has 0 bridgehead atoms. The van der Waals surface area contributed by atoms with E-state index in [0.29, 0.717) is 5.88 Å². The van der Waals surface area contributed by atoms with Crippen molar-refractivity contribution in [3.8, 4) is 0 Å². The van der Waals surface area contributed by atoms with Crippen molar-refractivity contribution in [2.75, 3.05) is 19.0 Å². The van der Waals surface area contributed by atoms with E-state index in [0.717, 1.165) is 19.6 Å². The molecule has 0 amide bonds. The van der Waals surface area contributed by atoms with Gasteiger partial charge in [-0.1, -0.05) is 6.92 Å². The Morgan fingerprint density at radius 1 is 1.67 bits per heavy atom. The average Bonchev–Trinajstić information content (AvgIpc) is 2.56. The van der Waals surface area contributed by atoms with Gasteiger partial charge in [0.25, 0.3) is 0 Å². The highest BCUT2D eigenvalue weighted by molar-refractivity contribution is 7.09. The largest absolute Gasteiger partial charge is 0.296 e. The van der Waals surface area contributed by atoms with Crippen molar-refractivity contribution in [2.45, 2.75) is 13.5 Å². The molecule has 0 saturated heterocycles. The molecule has 0 saturated carbocycles. The van der Waals surface area contributed by atoms with Gasteiger partial charge in [0.1, 0.15) is 5.01 Å². The van der Waals surface area contributed by atoms with Crippen LogP contribution < -0.4 is 0 Å². The van der Waals surface area contributed by atoms with Crippen LogP contribution in [0, 0.1) is 0 Å². The number of nitrogens with zero attached hydrogens (tertiary/aromatic N) is 2. The van der Waals surface area contributed by atoms with Gasteiger partial charge in [-0.15, -0.1) is 22.9 Å². The maximum absolute atomic E-state index is 5.66. The summed E-state index contributed by atoms with van der Waals surface area (Å²) in [5, 5.41) is 3.17. The highest BCUT2D eigenvalue weighted by Gasteiger charge is 2.03. The number of rotatable bonds is 5. The Morgan fingerprint density at radius 3 is 3.00 bits per heavy atom. The van der Waals surface area contributed by atoms with Gasteiger partial charge < -0.3 is 0 Å². The predicted octanol–water partition coefficient (Wildman–Crippen LogP) is 2.20. The predicted molar refractivity (Wildman–Crippen MR) is 53.8 cm³/mol. The monoisotopic (exact) mass is 204 g/mol. The maximum Gasteiger partial charge on any atom is 0.107 e. The quantitative estimate of drug-likeness (QED) is 0.684. The number of hydrogen-bond donors (Lipinski definition) is 0. The Morgan fingerprint density at radius 2 is 2.50 bits per heavy atom. The van der Waals surface area contributed by atoms with Gasteiger partial charge in [-0.2, -0.15) is 0 Å². The minimum atomic E-state index is 0.694. The van der Waals surface area contributed by atoms with Crippen LogP contribution in [0.3, 0.4) is 0 Å². The topological polar surface area (TPSA) is 16.1 Å². The van der Waals surface area contributed by atoms with Gasteiger partial charge in [-0.25, -0.2) is 4.98 Å². The van der Waals surface area contributed by atoms with Gasteiger partial charge in [-0.3, -0.25) is 4.90 Å². The zero-order chi connectivity index (χ0) is 8.81. The van der Waals surface area contributed by atoms with Gasteiger partial charge in [0.2, 0.25) is 0 Å². The van der Waals surface area contributed by atoms with Crippen molar-refractivity contribution in [3.05, 3.63) is 16.6 Å². The molecule has 0 spiro atoms. The maximum atomic E-state index is 5.66. The van der Waals surface area contributed by atoms with E-state index in [-0.39, 0.29) is 0 Å². The summed E-state index contributed by atoms with van der Waals surface area (Å²) in [5.74, 6) is 0.694. The van der Waals surface area contributed by atoms with Crippen molar-refractivity contribution in [1.82, 2.24) is 9.88 Å². The van der Waals surface area contributed by atoms with E-state index >= 15 is 0 Å². The first-order valence-corrected chi connectivity index (χ1v) is 5.45. The molecule has 0 N–H and O–H groups in total. The lowest BCUT2D eigenvalue weighted by Crippen LogP contribution is -2.24. The molecule has 0 aliphatic rings. The second-order valence-corrected chi connectivity index (χ2v) is 3.84. The van der Waals surface area contributed by atoms with Crippen molar-refractivity contribution in [1.29, 1.82) is 0 Å². The third-order valence-corrected chi connectivity index (χ3v) is 2.62. The summed E-state index contributed by atoms with van der Waals surface area (Å²) in [5.41, 5.74) is 0. The second kappa shape index (κ2) is 5.51. The zero-order valence-electron chi connectivity index (χ0n) is 7.16. The van der Waals surface area contributed by atoms with E-state index in [9.17, 15) is 0 Å². The Bertz CT molecular complexity index is 201. The molecule has 1 rings (SSSR count). The van der Waals surface area contributed by atoms with Crippen LogP contribution in [-0.2, 0) is 6.54 Å². The molecule has 2 nitrogen and oxygen atoms in total. The summed E-state index contributed by atoms with van der Waals surface area (Å²) < 4.78 is 0. The molecular formula is C8H13ClN2S. The third kappa shape index (κ3) is 3.09. The summed E-state index contributed by atoms with van der Waals surface area (Å²) in [7, 11) is 0. The van der Waals surface area contributed by atoms with Gasteiger partial charge >= 0.3 is 0 Å². The number of halogens is 1. The molecule has 0 aromatic carbocycles. The van der Waals surface area contributed by atoms with Crippen LogP contribution >= 0.6 is 22.9 Å². The van der Waals surface area contributed by atoms with Crippen LogP contribution in [0.2, 0.25) is 0 Å². The van der Waals surface area contributed by atoms with E-state index in [1.54, 1.807) is 11.3 Å². The van der Waals surface area contributed by atoms with Crippen LogP contribution in [0.5, 0.6) is 0 Å². The molecule has 0 unspecified atom stereocenters. The summed E-state index contributed by atoms with van der Waals surface area (Å²) in [6, 6.07) is 0. The molecule has 12 heavy (non-hydrogen) atoms. The molecule has 1 aromatic heterocycles. The molecule has 0 fully saturated rings. The lowest BCUT2D eigenvalue weighted by atomic mass is 10.5. The summed E-state index contributed by atoms with van der Waals surface area (Å²) in [6.45, 7) is 5.05. The van der Waals surface area contributed by atoms with Crippen LogP contribution in [0.1, 0.15) is 11.9 Å². The fourth-order valence-electron chi connectivity index (χ4n) is 0.991. The van der Waals surface area contributed by atoms with E-state index in [1.807, 2.05) is 11.6 Å². The highest BCUT2D eigenvalue weighted by Crippen LogP contribution is 2.07. The van der Waals surface area contributed by atoms with Gasteiger partial charge in [-0.05, 0) is 6.54 Å². The Balaban J connectivity index is 2.37. The molecule has 0 atom stereocenters. The SMILES string of the molecule is CCN(CCCl)Cc1nccs1. The van der Waals surface area contributed by atoms with E-state index in [1.165, 1.54) is 5.01 Å². The van der Waals surface area contributed by atoms with Gasteiger partial charge in [0, 0.05) is 24.0 Å². The van der Waals surface area contributed by atoms with Crippen molar-refractivity contribution in [3.63, 3.8) is 0 Å². The molecule has 1 aromatic rings. The van der Waals surface area contributed by atoms with Crippen LogP contribution in [-0.4, -0.2) is 28.9 Å². The van der Waals surface area contributed by atoms with Gasteiger partial charge in [0.05, 0.1) is 6.54 Å². The van der Waals surface area contributed by atoms with Gasteiger partial charge in [0.15, 0.2) is 0 Å². The Hall–Kier alpha value is -0.120. The fraction of sp³-hybridized carbons (Fsp3) is 0.625. The molecule has 68 valence electrons. The first kappa shape index (κ1) is 9.96. The number of thiazole rings is 1. The van der Waals surface area contributed by atoms with E-state index < -0.39 is 0 Å². The lowest BCUT2D eigenvalue weighted by molar-refractivity contribution is 0.297. The standard InChI is InChI=1S/C8H13ClN2S/c1-2-11(5-3-9)7-8-10-4-6-12-8/h4,6H,2-3,5,7H2,1H3. The lowest BCUT2D eigenvalue weighted by Gasteiger charge is -2.16. The van der Waals surface area contributed by atoms with Crippen LogP contribution in [0.4, 0.5) is 0 Å². The van der Waals surface area contributed by atoms with E-state index in [2.05, 4.69) is 16.8 Å². The van der Waals surface area contributed by atoms with E-state index in [4.69, 9.17) is 11.6 Å². The molecule has 0 radical (unpaired) electrons. The molecule has 1 heterocycles. The number of aromatic nitrogens is 1. The number of alkyl halides is 1. The van der Waals surface area contributed by atoms with Crippen molar-refractivity contribution >= 4 is 22.9 Å². The zero-order valence-corrected chi connectivity index (χ0v) is 8.74. The molecular weight excluding hydrogens is 192 g/mol. The molecule has 0 aliphatic carbocycles.